The summed E-state index contributed by atoms with van der Waals surface area (Å²) in [5.41, 5.74) is 4.53. The molecule has 3 aromatic rings. The Kier molecular flexibility index (Phi) is 6.41. The van der Waals surface area contributed by atoms with Gasteiger partial charge in [0.1, 0.15) is 11.5 Å². The van der Waals surface area contributed by atoms with E-state index in [9.17, 15) is 14.4 Å². The maximum atomic E-state index is 12.5. The molecule has 0 fully saturated rings. The lowest BCUT2D eigenvalue weighted by Crippen LogP contribution is -2.33. The van der Waals surface area contributed by atoms with E-state index in [2.05, 4.69) is 22.4 Å². The molecule has 1 aromatic heterocycles. The van der Waals surface area contributed by atoms with Gasteiger partial charge in [-0.1, -0.05) is 66.8 Å². The minimum absolute atomic E-state index is 0.0542. The Labute approximate surface area is 194 Å². The van der Waals surface area contributed by atoms with Gasteiger partial charge in [-0.25, -0.2) is 9.78 Å². The monoisotopic (exact) mass is 465 g/mol. The zero-order valence-electron chi connectivity index (χ0n) is 18.1. The summed E-state index contributed by atoms with van der Waals surface area (Å²) in [7, 11) is 1.53. The van der Waals surface area contributed by atoms with E-state index < -0.39 is 18.0 Å². The standard InChI is InChI=1S/C24H23N3O5S/c1-14(22(29)30)12-27(2)21(28)20-11-25-23(33-20)26-24(31)32-13-19-17-9-5-3-7-15(17)16-8-4-6-10-18(16)19/h3-11,14,19H,12-13H2,1-2H3,(H,29,30)(H,25,26,31). The maximum Gasteiger partial charge on any atom is 0.413 e. The molecule has 4 rings (SSSR count). The van der Waals surface area contributed by atoms with Gasteiger partial charge in [-0.2, -0.15) is 0 Å². The SMILES string of the molecule is CC(CN(C)C(=O)c1cnc(NC(=O)OCC2c3ccccc3-c3ccccc32)s1)C(=O)O. The summed E-state index contributed by atoms with van der Waals surface area (Å²) in [6, 6.07) is 16.1. The van der Waals surface area contributed by atoms with Crippen LogP contribution in [0.3, 0.4) is 0 Å². The number of carboxylic acids is 1. The van der Waals surface area contributed by atoms with E-state index in [1.807, 2.05) is 36.4 Å². The Balaban J connectivity index is 1.36. The Bertz CT molecular complexity index is 1160. The molecule has 1 aliphatic rings. The number of aromatic nitrogens is 1. The molecular weight excluding hydrogens is 442 g/mol. The minimum Gasteiger partial charge on any atom is -0.481 e. The maximum absolute atomic E-state index is 12.5. The van der Waals surface area contributed by atoms with Gasteiger partial charge in [-0.15, -0.1) is 0 Å². The zero-order valence-corrected chi connectivity index (χ0v) is 19.0. The van der Waals surface area contributed by atoms with Gasteiger partial charge in [0, 0.05) is 19.5 Å². The summed E-state index contributed by atoms with van der Waals surface area (Å²) in [5.74, 6) is -2.08. The lowest BCUT2D eigenvalue weighted by atomic mass is 9.98. The third-order valence-electron chi connectivity index (χ3n) is 5.59. The quantitative estimate of drug-likeness (QED) is 0.539. The van der Waals surface area contributed by atoms with Crippen LogP contribution < -0.4 is 5.32 Å². The lowest BCUT2D eigenvalue weighted by Gasteiger charge is -2.18. The van der Waals surface area contributed by atoms with Crippen molar-refractivity contribution < 1.29 is 24.2 Å². The van der Waals surface area contributed by atoms with Gasteiger partial charge in [0.15, 0.2) is 5.13 Å². The van der Waals surface area contributed by atoms with E-state index in [0.29, 0.717) is 4.88 Å². The second-order valence-electron chi connectivity index (χ2n) is 7.91. The highest BCUT2D eigenvalue weighted by Crippen LogP contribution is 2.44. The van der Waals surface area contributed by atoms with Crippen LogP contribution in [0.25, 0.3) is 11.1 Å². The van der Waals surface area contributed by atoms with Crippen molar-refractivity contribution in [3.63, 3.8) is 0 Å². The second kappa shape index (κ2) is 9.41. The molecule has 1 unspecified atom stereocenters. The third-order valence-corrected chi connectivity index (χ3v) is 6.49. The first kappa shape index (κ1) is 22.5. The van der Waals surface area contributed by atoms with E-state index >= 15 is 0 Å². The molecule has 33 heavy (non-hydrogen) atoms. The van der Waals surface area contributed by atoms with Crippen molar-refractivity contribution in [2.24, 2.45) is 5.92 Å². The van der Waals surface area contributed by atoms with Crippen molar-refractivity contribution >= 4 is 34.4 Å². The number of carbonyl (C=O) groups is 3. The fourth-order valence-electron chi connectivity index (χ4n) is 3.91. The van der Waals surface area contributed by atoms with Crippen molar-refractivity contribution in [2.45, 2.75) is 12.8 Å². The van der Waals surface area contributed by atoms with Crippen molar-refractivity contribution in [1.82, 2.24) is 9.88 Å². The van der Waals surface area contributed by atoms with Crippen molar-refractivity contribution in [3.05, 3.63) is 70.7 Å². The normalized spacial score (nSPS) is 13.0. The summed E-state index contributed by atoms with van der Waals surface area (Å²) in [5, 5.41) is 11.8. The molecule has 0 saturated carbocycles. The fraction of sp³-hybridized carbons (Fsp3) is 0.250. The minimum atomic E-state index is -0.975. The van der Waals surface area contributed by atoms with Crippen LogP contribution in [0.4, 0.5) is 9.93 Å². The molecule has 2 aromatic carbocycles. The van der Waals surface area contributed by atoms with E-state index in [0.717, 1.165) is 33.6 Å². The van der Waals surface area contributed by atoms with Crippen molar-refractivity contribution in [3.8, 4) is 11.1 Å². The van der Waals surface area contributed by atoms with Gasteiger partial charge >= 0.3 is 12.1 Å². The molecule has 0 aliphatic heterocycles. The number of benzene rings is 2. The van der Waals surface area contributed by atoms with Crippen molar-refractivity contribution in [1.29, 1.82) is 0 Å². The number of rotatable bonds is 7. The molecule has 1 aliphatic carbocycles. The summed E-state index contributed by atoms with van der Waals surface area (Å²) >= 11 is 1.01. The highest BCUT2D eigenvalue weighted by atomic mass is 32.1. The number of nitrogens with one attached hydrogen (secondary N) is 1. The Morgan fingerprint density at radius 1 is 1.12 bits per heavy atom. The smallest absolute Gasteiger partial charge is 0.413 e. The zero-order chi connectivity index (χ0) is 23.5. The molecule has 8 nitrogen and oxygen atoms in total. The summed E-state index contributed by atoms with van der Waals surface area (Å²) in [4.78, 5) is 41.6. The van der Waals surface area contributed by atoms with E-state index in [-0.39, 0.29) is 30.1 Å². The Morgan fingerprint density at radius 2 is 1.73 bits per heavy atom. The van der Waals surface area contributed by atoms with Gasteiger partial charge < -0.3 is 14.7 Å². The number of thiazole rings is 1. The van der Waals surface area contributed by atoms with E-state index in [4.69, 9.17) is 9.84 Å². The van der Waals surface area contributed by atoms with Gasteiger partial charge in [0.05, 0.1) is 12.1 Å². The highest BCUT2D eigenvalue weighted by Gasteiger charge is 2.29. The summed E-state index contributed by atoms with van der Waals surface area (Å²) in [6.45, 7) is 1.77. The molecule has 0 saturated heterocycles. The largest absolute Gasteiger partial charge is 0.481 e. The molecule has 1 heterocycles. The first-order chi connectivity index (χ1) is 15.8. The fourth-order valence-corrected chi connectivity index (χ4v) is 4.71. The third kappa shape index (κ3) is 4.73. The molecule has 0 radical (unpaired) electrons. The lowest BCUT2D eigenvalue weighted by molar-refractivity contribution is -0.141. The number of aliphatic carboxylic acids is 1. The number of carboxylic acid groups (broad SMARTS) is 1. The van der Waals surface area contributed by atoms with Crippen LogP contribution in [0.5, 0.6) is 0 Å². The predicted molar refractivity (Wildman–Crippen MR) is 125 cm³/mol. The topological polar surface area (TPSA) is 109 Å². The highest BCUT2D eigenvalue weighted by molar-refractivity contribution is 7.17. The van der Waals surface area contributed by atoms with Gasteiger partial charge in [-0.3, -0.25) is 14.9 Å². The molecule has 9 heteroatoms. The summed E-state index contributed by atoms with van der Waals surface area (Å²) in [6.07, 6.45) is 0.701. The van der Waals surface area contributed by atoms with Gasteiger partial charge in [-0.05, 0) is 22.3 Å². The number of hydrogen-bond donors (Lipinski definition) is 2. The average molecular weight is 466 g/mol. The molecule has 0 bridgehead atoms. The van der Waals surface area contributed by atoms with Gasteiger partial charge in [0.2, 0.25) is 0 Å². The number of anilines is 1. The number of amides is 2. The number of carbonyl (C=O) groups excluding carboxylic acids is 2. The second-order valence-corrected chi connectivity index (χ2v) is 8.94. The Hall–Kier alpha value is -3.72. The molecule has 2 amide bonds. The van der Waals surface area contributed by atoms with Crippen molar-refractivity contribution in [2.75, 3.05) is 25.5 Å². The van der Waals surface area contributed by atoms with Crippen LogP contribution in [-0.4, -0.2) is 53.2 Å². The molecule has 170 valence electrons. The number of nitrogens with zero attached hydrogens (tertiary/aromatic N) is 2. The molecule has 1 atom stereocenters. The van der Waals surface area contributed by atoms with E-state index in [1.54, 1.807) is 0 Å². The van der Waals surface area contributed by atoms with Crippen LogP contribution in [0.1, 0.15) is 33.6 Å². The molecule has 2 N–H and O–H groups in total. The number of fused-ring (bicyclic) bond motifs is 3. The first-order valence-electron chi connectivity index (χ1n) is 10.4. The average Bonchev–Trinajstić information content (AvgIpc) is 3.39. The van der Waals surface area contributed by atoms with Crippen LogP contribution in [0, 0.1) is 5.92 Å². The number of ether oxygens (including phenoxy) is 1. The summed E-state index contributed by atoms with van der Waals surface area (Å²) < 4.78 is 5.50. The predicted octanol–water partition coefficient (Wildman–Crippen LogP) is 4.30. The molecule has 0 spiro atoms. The van der Waals surface area contributed by atoms with Crippen LogP contribution >= 0.6 is 11.3 Å². The first-order valence-corrected chi connectivity index (χ1v) is 11.2. The number of hydrogen-bond acceptors (Lipinski definition) is 6. The Morgan fingerprint density at radius 3 is 2.33 bits per heavy atom. The molecular formula is C24H23N3O5S. The van der Waals surface area contributed by atoms with E-state index in [1.165, 1.54) is 25.1 Å². The van der Waals surface area contributed by atoms with Gasteiger partial charge in [0.25, 0.3) is 5.91 Å². The van der Waals surface area contributed by atoms with Crippen LogP contribution in [0.2, 0.25) is 0 Å². The van der Waals surface area contributed by atoms with Crippen LogP contribution in [-0.2, 0) is 9.53 Å². The van der Waals surface area contributed by atoms with Crippen LogP contribution in [0.15, 0.2) is 54.7 Å².